The van der Waals surface area contributed by atoms with Gasteiger partial charge in [-0.3, -0.25) is 4.79 Å². The van der Waals surface area contributed by atoms with E-state index in [1.807, 2.05) is 48.2 Å². The first-order valence-electron chi connectivity index (χ1n) is 9.06. The molecule has 6 heteroatoms. The Labute approximate surface area is 163 Å². The standard InChI is InChI=1S/C21H20ClN3O2/c1-14-8-10-15(11-9-14)19-23-20(27-24-19)16-5-4-12-25(13-16)21(26)17-6-2-3-7-18(17)22/h2-3,6-11,16H,4-5,12-13H2,1H3/t16-/m0/s1. The molecule has 2 aromatic carbocycles. The number of aryl methyl sites for hydroxylation is 1. The lowest BCUT2D eigenvalue weighted by atomic mass is 9.97. The van der Waals surface area contributed by atoms with Crippen molar-refractivity contribution >= 4 is 17.5 Å². The Balaban J connectivity index is 1.51. The van der Waals surface area contributed by atoms with Gasteiger partial charge in [-0.15, -0.1) is 0 Å². The van der Waals surface area contributed by atoms with Gasteiger partial charge in [-0.1, -0.05) is 58.7 Å². The maximum atomic E-state index is 12.8. The fourth-order valence-corrected chi connectivity index (χ4v) is 3.61. The number of benzene rings is 2. The van der Waals surface area contributed by atoms with Gasteiger partial charge in [-0.25, -0.2) is 0 Å². The van der Waals surface area contributed by atoms with Gasteiger partial charge in [0.2, 0.25) is 11.7 Å². The fraction of sp³-hybridized carbons (Fsp3) is 0.286. The lowest BCUT2D eigenvalue weighted by Crippen LogP contribution is -2.39. The van der Waals surface area contributed by atoms with Crippen LogP contribution < -0.4 is 0 Å². The molecule has 1 fully saturated rings. The molecule has 1 aliphatic heterocycles. The minimum Gasteiger partial charge on any atom is -0.339 e. The second-order valence-electron chi connectivity index (χ2n) is 6.89. The first kappa shape index (κ1) is 17.7. The molecule has 0 spiro atoms. The van der Waals surface area contributed by atoms with Gasteiger partial charge in [-0.05, 0) is 31.9 Å². The molecule has 1 saturated heterocycles. The number of hydrogen-bond donors (Lipinski definition) is 0. The van der Waals surface area contributed by atoms with Gasteiger partial charge in [0, 0.05) is 18.7 Å². The normalized spacial score (nSPS) is 17.1. The molecule has 1 amide bonds. The van der Waals surface area contributed by atoms with E-state index in [4.69, 9.17) is 16.1 Å². The van der Waals surface area contributed by atoms with Gasteiger partial charge in [0.05, 0.1) is 16.5 Å². The highest BCUT2D eigenvalue weighted by Crippen LogP contribution is 2.29. The third-order valence-corrected chi connectivity index (χ3v) is 5.24. The van der Waals surface area contributed by atoms with Crippen molar-refractivity contribution < 1.29 is 9.32 Å². The number of carbonyl (C=O) groups is 1. The molecule has 1 atom stereocenters. The summed E-state index contributed by atoms with van der Waals surface area (Å²) in [4.78, 5) is 19.2. The summed E-state index contributed by atoms with van der Waals surface area (Å²) in [5.74, 6) is 1.15. The Hall–Kier alpha value is -2.66. The number of piperidine rings is 1. The average Bonchev–Trinajstić information content (AvgIpc) is 3.19. The van der Waals surface area contributed by atoms with E-state index in [-0.39, 0.29) is 11.8 Å². The quantitative estimate of drug-likeness (QED) is 0.658. The van der Waals surface area contributed by atoms with Crippen molar-refractivity contribution in [3.63, 3.8) is 0 Å². The number of halogens is 1. The molecule has 0 unspecified atom stereocenters. The highest BCUT2D eigenvalue weighted by molar-refractivity contribution is 6.33. The zero-order chi connectivity index (χ0) is 18.8. The maximum absolute atomic E-state index is 12.8. The van der Waals surface area contributed by atoms with E-state index >= 15 is 0 Å². The van der Waals surface area contributed by atoms with Crippen LogP contribution in [0.5, 0.6) is 0 Å². The summed E-state index contributed by atoms with van der Waals surface area (Å²) < 4.78 is 5.52. The predicted octanol–water partition coefficient (Wildman–Crippen LogP) is 4.72. The van der Waals surface area contributed by atoms with E-state index in [9.17, 15) is 4.79 Å². The first-order chi connectivity index (χ1) is 13.1. The number of amides is 1. The summed E-state index contributed by atoms with van der Waals surface area (Å²) in [6.07, 6.45) is 1.81. The number of carbonyl (C=O) groups excluding carboxylic acids is 1. The van der Waals surface area contributed by atoms with Crippen molar-refractivity contribution in [3.05, 3.63) is 70.6 Å². The Morgan fingerprint density at radius 1 is 1.19 bits per heavy atom. The maximum Gasteiger partial charge on any atom is 0.255 e. The minimum absolute atomic E-state index is 0.0388. The molecule has 0 aliphatic carbocycles. The van der Waals surface area contributed by atoms with Crippen LogP contribution in [-0.2, 0) is 0 Å². The third-order valence-electron chi connectivity index (χ3n) is 4.91. The predicted molar refractivity (Wildman–Crippen MR) is 104 cm³/mol. The van der Waals surface area contributed by atoms with Gasteiger partial charge in [0.25, 0.3) is 5.91 Å². The molecule has 0 radical (unpaired) electrons. The number of aromatic nitrogens is 2. The van der Waals surface area contributed by atoms with E-state index < -0.39 is 0 Å². The Kier molecular flexibility index (Phi) is 4.94. The molecule has 0 N–H and O–H groups in total. The first-order valence-corrected chi connectivity index (χ1v) is 9.44. The molecule has 27 heavy (non-hydrogen) atoms. The molecule has 0 saturated carbocycles. The number of hydrogen-bond acceptors (Lipinski definition) is 4. The second kappa shape index (κ2) is 7.53. The van der Waals surface area contributed by atoms with Gasteiger partial charge >= 0.3 is 0 Å². The summed E-state index contributed by atoms with van der Waals surface area (Å²) in [6.45, 7) is 3.30. The van der Waals surface area contributed by atoms with Crippen LogP contribution in [0.2, 0.25) is 5.02 Å². The van der Waals surface area contributed by atoms with Crippen molar-refractivity contribution in [1.29, 1.82) is 0 Å². The van der Waals surface area contributed by atoms with Crippen molar-refractivity contribution in [3.8, 4) is 11.4 Å². The van der Waals surface area contributed by atoms with E-state index in [1.54, 1.807) is 12.1 Å². The highest BCUT2D eigenvalue weighted by Gasteiger charge is 2.29. The molecular formula is C21H20ClN3O2. The van der Waals surface area contributed by atoms with Crippen LogP contribution in [-0.4, -0.2) is 34.0 Å². The van der Waals surface area contributed by atoms with Crippen molar-refractivity contribution in [2.75, 3.05) is 13.1 Å². The Morgan fingerprint density at radius 3 is 2.74 bits per heavy atom. The largest absolute Gasteiger partial charge is 0.339 e. The smallest absolute Gasteiger partial charge is 0.255 e. The van der Waals surface area contributed by atoms with Crippen molar-refractivity contribution in [1.82, 2.24) is 15.0 Å². The fourth-order valence-electron chi connectivity index (χ4n) is 3.39. The lowest BCUT2D eigenvalue weighted by Gasteiger charge is -2.31. The zero-order valence-corrected chi connectivity index (χ0v) is 15.8. The summed E-state index contributed by atoms with van der Waals surface area (Å²) in [5, 5.41) is 4.60. The van der Waals surface area contributed by atoms with Gasteiger partial charge in [0.15, 0.2) is 0 Å². The third kappa shape index (κ3) is 3.74. The number of nitrogens with zero attached hydrogens (tertiary/aromatic N) is 3. The van der Waals surface area contributed by atoms with E-state index in [2.05, 4.69) is 10.1 Å². The van der Waals surface area contributed by atoms with Crippen LogP contribution in [0.25, 0.3) is 11.4 Å². The lowest BCUT2D eigenvalue weighted by molar-refractivity contribution is 0.0696. The molecule has 2 heterocycles. The highest BCUT2D eigenvalue weighted by atomic mass is 35.5. The topological polar surface area (TPSA) is 59.2 Å². The molecule has 3 aromatic rings. The van der Waals surface area contributed by atoms with Crippen LogP contribution in [0.3, 0.4) is 0 Å². The van der Waals surface area contributed by atoms with Gasteiger partial charge in [-0.2, -0.15) is 4.98 Å². The van der Waals surface area contributed by atoms with Crippen LogP contribution >= 0.6 is 11.6 Å². The van der Waals surface area contributed by atoms with E-state index in [1.165, 1.54) is 5.56 Å². The van der Waals surface area contributed by atoms with Crippen LogP contribution in [0, 0.1) is 6.92 Å². The van der Waals surface area contributed by atoms with Gasteiger partial charge in [0.1, 0.15) is 0 Å². The van der Waals surface area contributed by atoms with Gasteiger partial charge < -0.3 is 9.42 Å². The summed E-state index contributed by atoms with van der Waals surface area (Å²) >= 11 is 6.19. The van der Waals surface area contributed by atoms with Crippen molar-refractivity contribution in [2.24, 2.45) is 0 Å². The molecule has 1 aliphatic rings. The SMILES string of the molecule is Cc1ccc(-c2noc([C@H]3CCCN(C(=O)c4ccccc4Cl)C3)n2)cc1. The van der Waals surface area contributed by atoms with Crippen molar-refractivity contribution in [2.45, 2.75) is 25.7 Å². The summed E-state index contributed by atoms with van der Waals surface area (Å²) in [5.41, 5.74) is 2.64. The Bertz CT molecular complexity index is 952. The van der Waals surface area contributed by atoms with Crippen LogP contribution in [0.1, 0.15) is 40.6 Å². The zero-order valence-electron chi connectivity index (χ0n) is 15.1. The summed E-state index contributed by atoms with van der Waals surface area (Å²) in [6, 6.07) is 15.2. The average molecular weight is 382 g/mol. The molecular weight excluding hydrogens is 362 g/mol. The van der Waals surface area contributed by atoms with Crippen LogP contribution in [0.15, 0.2) is 53.1 Å². The molecule has 1 aromatic heterocycles. The minimum atomic E-state index is -0.0522. The van der Waals surface area contributed by atoms with E-state index in [0.29, 0.717) is 35.4 Å². The number of likely N-dealkylation sites (tertiary alicyclic amines) is 1. The monoisotopic (exact) mass is 381 g/mol. The molecule has 138 valence electrons. The molecule has 5 nitrogen and oxygen atoms in total. The van der Waals surface area contributed by atoms with E-state index in [0.717, 1.165) is 18.4 Å². The van der Waals surface area contributed by atoms with Crippen LogP contribution in [0.4, 0.5) is 0 Å². The number of rotatable bonds is 3. The molecule has 0 bridgehead atoms. The summed E-state index contributed by atoms with van der Waals surface area (Å²) in [7, 11) is 0. The second-order valence-corrected chi connectivity index (χ2v) is 7.30. The Morgan fingerprint density at radius 2 is 1.96 bits per heavy atom. The molecule has 4 rings (SSSR count).